The molecule has 0 bridgehead atoms. The van der Waals surface area contributed by atoms with Gasteiger partial charge in [-0.1, -0.05) is 0 Å². The second-order valence-electron chi connectivity index (χ2n) is 2.88. The summed E-state index contributed by atoms with van der Waals surface area (Å²) >= 11 is 0. The summed E-state index contributed by atoms with van der Waals surface area (Å²) in [5.74, 6) is 0. The Balaban J connectivity index is 2.81. The van der Waals surface area contributed by atoms with Crippen LogP contribution in [-0.4, -0.2) is 12.7 Å². The van der Waals surface area contributed by atoms with Crippen molar-refractivity contribution in [2.75, 3.05) is 17.6 Å². The number of nitrogens with two attached hydrogens (primary N) is 1. The first kappa shape index (κ1) is 11.2. The number of nitrogens with zero attached hydrogens (tertiary/aromatic N) is 1. The van der Waals surface area contributed by atoms with Gasteiger partial charge in [-0.3, -0.25) is 0 Å². The Morgan fingerprint density at radius 1 is 1.40 bits per heavy atom. The Bertz CT molecular complexity index is 393. The van der Waals surface area contributed by atoms with Gasteiger partial charge in [0.15, 0.2) is 0 Å². The number of anilines is 2. The van der Waals surface area contributed by atoms with Crippen LogP contribution in [0.15, 0.2) is 18.2 Å². The maximum Gasteiger partial charge on any atom is 0.405 e. The number of alkyl halides is 3. The van der Waals surface area contributed by atoms with Crippen LogP contribution in [0.3, 0.4) is 0 Å². The number of nitrogen functional groups attached to an aromatic ring is 1. The van der Waals surface area contributed by atoms with E-state index in [-0.39, 0.29) is 16.9 Å². The predicted molar refractivity (Wildman–Crippen MR) is 50.1 cm³/mol. The molecule has 0 heterocycles. The van der Waals surface area contributed by atoms with E-state index in [2.05, 4.69) is 5.32 Å². The van der Waals surface area contributed by atoms with E-state index in [4.69, 9.17) is 11.0 Å². The molecule has 0 amide bonds. The van der Waals surface area contributed by atoms with Gasteiger partial charge in [-0.25, -0.2) is 0 Å². The minimum absolute atomic E-state index is 0.117. The number of nitriles is 1. The van der Waals surface area contributed by atoms with E-state index in [0.29, 0.717) is 0 Å². The highest BCUT2D eigenvalue weighted by atomic mass is 19.4. The zero-order valence-electron chi connectivity index (χ0n) is 7.60. The minimum Gasteiger partial charge on any atom is -0.397 e. The highest BCUT2D eigenvalue weighted by molar-refractivity contribution is 5.68. The maximum atomic E-state index is 11.9. The van der Waals surface area contributed by atoms with Crippen molar-refractivity contribution in [2.24, 2.45) is 0 Å². The van der Waals surface area contributed by atoms with Gasteiger partial charge < -0.3 is 11.1 Å². The van der Waals surface area contributed by atoms with Crippen LogP contribution in [0.25, 0.3) is 0 Å². The van der Waals surface area contributed by atoms with Crippen molar-refractivity contribution in [3.05, 3.63) is 23.8 Å². The highest BCUT2D eigenvalue weighted by Crippen LogP contribution is 2.22. The number of hydrogen-bond acceptors (Lipinski definition) is 3. The summed E-state index contributed by atoms with van der Waals surface area (Å²) in [6, 6.07) is 5.92. The molecule has 0 saturated heterocycles. The first-order chi connectivity index (χ1) is 6.92. The molecule has 3 nitrogen and oxygen atoms in total. The van der Waals surface area contributed by atoms with Crippen LogP contribution in [-0.2, 0) is 0 Å². The topological polar surface area (TPSA) is 61.8 Å². The Hall–Kier alpha value is -1.90. The lowest BCUT2D eigenvalue weighted by molar-refractivity contribution is -0.115. The molecular weight excluding hydrogens is 207 g/mol. The lowest BCUT2D eigenvalue weighted by atomic mass is 10.2. The standard InChI is InChI=1S/C9H8F3N3/c10-9(11,12)5-15-8-3-6(4-13)1-2-7(8)14/h1-3,15H,5,14H2. The summed E-state index contributed by atoms with van der Waals surface area (Å²) in [6.45, 7) is -1.17. The summed E-state index contributed by atoms with van der Waals surface area (Å²) in [5.41, 5.74) is 5.99. The van der Waals surface area contributed by atoms with Gasteiger partial charge in [0.2, 0.25) is 0 Å². The molecule has 80 valence electrons. The third kappa shape index (κ3) is 3.38. The Morgan fingerprint density at radius 2 is 2.07 bits per heavy atom. The molecule has 0 atom stereocenters. The summed E-state index contributed by atoms with van der Waals surface area (Å²) in [6.07, 6.45) is -4.31. The number of nitrogens with one attached hydrogen (secondary N) is 1. The summed E-state index contributed by atoms with van der Waals surface area (Å²) < 4.78 is 35.7. The van der Waals surface area contributed by atoms with E-state index >= 15 is 0 Å². The molecule has 0 aliphatic rings. The van der Waals surface area contributed by atoms with Crippen LogP contribution in [0, 0.1) is 11.3 Å². The number of halogens is 3. The second kappa shape index (κ2) is 4.09. The van der Waals surface area contributed by atoms with Crippen molar-refractivity contribution in [2.45, 2.75) is 6.18 Å². The molecule has 0 spiro atoms. The molecule has 0 radical (unpaired) electrons. The van der Waals surface area contributed by atoms with Crippen molar-refractivity contribution in [3.63, 3.8) is 0 Å². The summed E-state index contributed by atoms with van der Waals surface area (Å²) in [7, 11) is 0. The molecule has 0 aliphatic carbocycles. The average molecular weight is 215 g/mol. The Morgan fingerprint density at radius 3 is 2.60 bits per heavy atom. The summed E-state index contributed by atoms with van der Waals surface area (Å²) in [5, 5.41) is 10.7. The van der Waals surface area contributed by atoms with Crippen LogP contribution in [0.4, 0.5) is 24.5 Å². The molecule has 0 saturated carbocycles. The SMILES string of the molecule is N#Cc1ccc(N)c(NCC(F)(F)F)c1. The molecule has 0 aromatic heterocycles. The quantitative estimate of drug-likeness (QED) is 0.742. The largest absolute Gasteiger partial charge is 0.405 e. The molecular formula is C9H8F3N3. The third-order valence-corrected chi connectivity index (χ3v) is 1.66. The number of benzene rings is 1. The first-order valence-electron chi connectivity index (χ1n) is 4.02. The smallest absolute Gasteiger partial charge is 0.397 e. The number of rotatable bonds is 2. The van der Waals surface area contributed by atoms with Gasteiger partial charge in [0.05, 0.1) is 23.0 Å². The normalized spacial score (nSPS) is 10.8. The van der Waals surface area contributed by atoms with Gasteiger partial charge in [-0.2, -0.15) is 18.4 Å². The average Bonchev–Trinajstić information content (AvgIpc) is 2.15. The second-order valence-corrected chi connectivity index (χ2v) is 2.88. The van der Waals surface area contributed by atoms with E-state index < -0.39 is 12.7 Å². The van der Waals surface area contributed by atoms with E-state index in [1.54, 1.807) is 0 Å². The van der Waals surface area contributed by atoms with Gasteiger partial charge >= 0.3 is 6.18 Å². The third-order valence-electron chi connectivity index (χ3n) is 1.66. The van der Waals surface area contributed by atoms with E-state index in [0.717, 1.165) is 0 Å². The minimum atomic E-state index is -4.31. The highest BCUT2D eigenvalue weighted by Gasteiger charge is 2.26. The molecule has 0 fully saturated rings. The van der Waals surface area contributed by atoms with E-state index in [1.807, 2.05) is 6.07 Å². The molecule has 15 heavy (non-hydrogen) atoms. The Kier molecular flexibility index (Phi) is 3.04. The monoisotopic (exact) mass is 215 g/mol. The van der Waals surface area contributed by atoms with E-state index in [1.165, 1.54) is 18.2 Å². The lowest BCUT2D eigenvalue weighted by Gasteiger charge is -2.11. The van der Waals surface area contributed by atoms with Gasteiger partial charge in [-0.15, -0.1) is 0 Å². The van der Waals surface area contributed by atoms with Crippen LogP contribution in [0.2, 0.25) is 0 Å². The zero-order valence-corrected chi connectivity index (χ0v) is 7.60. The first-order valence-corrected chi connectivity index (χ1v) is 4.02. The molecule has 0 unspecified atom stereocenters. The zero-order chi connectivity index (χ0) is 11.5. The fourth-order valence-electron chi connectivity index (χ4n) is 0.974. The van der Waals surface area contributed by atoms with Gasteiger partial charge in [0.25, 0.3) is 0 Å². The van der Waals surface area contributed by atoms with Crippen LogP contribution >= 0.6 is 0 Å². The molecule has 3 N–H and O–H groups in total. The van der Waals surface area contributed by atoms with Gasteiger partial charge in [0.1, 0.15) is 6.54 Å². The van der Waals surface area contributed by atoms with Crippen LogP contribution < -0.4 is 11.1 Å². The van der Waals surface area contributed by atoms with Crippen molar-refractivity contribution in [1.29, 1.82) is 5.26 Å². The van der Waals surface area contributed by atoms with Gasteiger partial charge in [-0.05, 0) is 18.2 Å². The van der Waals surface area contributed by atoms with Crippen molar-refractivity contribution < 1.29 is 13.2 Å². The van der Waals surface area contributed by atoms with Crippen molar-refractivity contribution in [1.82, 2.24) is 0 Å². The number of hydrogen-bond donors (Lipinski definition) is 2. The molecule has 1 rings (SSSR count). The molecule has 1 aromatic rings. The van der Waals surface area contributed by atoms with Crippen molar-refractivity contribution in [3.8, 4) is 6.07 Å². The lowest BCUT2D eigenvalue weighted by Crippen LogP contribution is -2.21. The Labute approximate surface area is 84.3 Å². The van der Waals surface area contributed by atoms with Gasteiger partial charge in [0, 0.05) is 0 Å². The summed E-state index contributed by atoms with van der Waals surface area (Å²) in [4.78, 5) is 0. The van der Waals surface area contributed by atoms with Crippen LogP contribution in [0.5, 0.6) is 0 Å². The van der Waals surface area contributed by atoms with Crippen molar-refractivity contribution >= 4 is 11.4 Å². The fourth-order valence-corrected chi connectivity index (χ4v) is 0.974. The fraction of sp³-hybridized carbons (Fsp3) is 0.222. The molecule has 1 aromatic carbocycles. The maximum absolute atomic E-state index is 11.9. The molecule has 6 heteroatoms. The van der Waals surface area contributed by atoms with Crippen LogP contribution in [0.1, 0.15) is 5.56 Å². The van der Waals surface area contributed by atoms with E-state index in [9.17, 15) is 13.2 Å². The predicted octanol–water partition coefficient (Wildman–Crippen LogP) is 2.11. The molecule has 0 aliphatic heterocycles.